The SMILES string of the molecule is NC/C=C/CNC(=O)c1ccnc2ccccc12. The lowest BCUT2D eigenvalue weighted by Crippen LogP contribution is -2.23. The normalized spacial score (nSPS) is 10.9. The third-order valence-corrected chi connectivity index (χ3v) is 2.58. The minimum atomic E-state index is -0.102. The van der Waals surface area contributed by atoms with Crippen molar-refractivity contribution >= 4 is 16.8 Å². The van der Waals surface area contributed by atoms with Crippen molar-refractivity contribution in [3.8, 4) is 0 Å². The Labute approximate surface area is 106 Å². The molecule has 4 heteroatoms. The molecule has 0 spiro atoms. The second-order valence-electron chi connectivity index (χ2n) is 3.79. The standard InChI is InChI=1S/C14H15N3O/c15-8-3-4-9-17-14(18)12-7-10-16-13-6-2-1-5-11(12)13/h1-7,10H,8-9,15H2,(H,17,18)/b4-3+. The third-order valence-electron chi connectivity index (χ3n) is 2.58. The van der Waals surface area contributed by atoms with Gasteiger partial charge in [-0.05, 0) is 12.1 Å². The van der Waals surface area contributed by atoms with Gasteiger partial charge in [0.05, 0.1) is 11.1 Å². The predicted octanol–water partition coefficient (Wildman–Crippen LogP) is 1.48. The van der Waals surface area contributed by atoms with Crippen molar-refractivity contribution in [1.29, 1.82) is 0 Å². The summed E-state index contributed by atoms with van der Waals surface area (Å²) in [5, 5.41) is 3.68. The maximum Gasteiger partial charge on any atom is 0.252 e. The van der Waals surface area contributed by atoms with Crippen molar-refractivity contribution in [3.63, 3.8) is 0 Å². The molecule has 18 heavy (non-hydrogen) atoms. The van der Waals surface area contributed by atoms with Crippen LogP contribution in [-0.4, -0.2) is 24.0 Å². The molecule has 1 amide bonds. The summed E-state index contributed by atoms with van der Waals surface area (Å²) in [4.78, 5) is 16.2. The van der Waals surface area contributed by atoms with Crippen LogP contribution in [0, 0.1) is 0 Å². The summed E-state index contributed by atoms with van der Waals surface area (Å²) in [5.74, 6) is -0.102. The molecule has 0 saturated carbocycles. The number of hydrogen-bond donors (Lipinski definition) is 2. The van der Waals surface area contributed by atoms with E-state index >= 15 is 0 Å². The molecule has 1 heterocycles. The van der Waals surface area contributed by atoms with Crippen LogP contribution in [-0.2, 0) is 0 Å². The van der Waals surface area contributed by atoms with Gasteiger partial charge in [-0.2, -0.15) is 0 Å². The topological polar surface area (TPSA) is 68.0 Å². The molecule has 2 aromatic rings. The molecule has 4 nitrogen and oxygen atoms in total. The zero-order chi connectivity index (χ0) is 12.8. The number of rotatable bonds is 4. The van der Waals surface area contributed by atoms with E-state index in [1.165, 1.54) is 0 Å². The minimum Gasteiger partial charge on any atom is -0.349 e. The molecule has 0 unspecified atom stereocenters. The molecule has 2 rings (SSSR count). The summed E-state index contributed by atoms with van der Waals surface area (Å²) in [6.07, 6.45) is 5.29. The van der Waals surface area contributed by atoms with E-state index in [4.69, 9.17) is 5.73 Å². The zero-order valence-electron chi connectivity index (χ0n) is 9.97. The Morgan fingerprint density at radius 1 is 1.28 bits per heavy atom. The fourth-order valence-electron chi connectivity index (χ4n) is 1.72. The lowest BCUT2D eigenvalue weighted by Gasteiger charge is -2.05. The van der Waals surface area contributed by atoms with Gasteiger partial charge in [-0.15, -0.1) is 0 Å². The number of carbonyl (C=O) groups excluding carboxylic acids is 1. The zero-order valence-corrected chi connectivity index (χ0v) is 9.97. The van der Waals surface area contributed by atoms with E-state index < -0.39 is 0 Å². The van der Waals surface area contributed by atoms with Gasteiger partial charge >= 0.3 is 0 Å². The molecule has 0 bridgehead atoms. The van der Waals surface area contributed by atoms with Crippen LogP contribution in [0.3, 0.4) is 0 Å². The molecule has 1 aromatic carbocycles. The van der Waals surface area contributed by atoms with Crippen LogP contribution < -0.4 is 11.1 Å². The Morgan fingerprint density at radius 2 is 2.11 bits per heavy atom. The van der Waals surface area contributed by atoms with Gasteiger partial charge < -0.3 is 11.1 Å². The Kier molecular flexibility index (Phi) is 4.04. The van der Waals surface area contributed by atoms with Crippen LogP contribution in [0.2, 0.25) is 0 Å². The highest BCUT2D eigenvalue weighted by atomic mass is 16.1. The van der Waals surface area contributed by atoms with E-state index in [1.807, 2.05) is 36.4 Å². The first-order valence-electron chi connectivity index (χ1n) is 5.80. The number of nitrogens with one attached hydrogen (secondary N) is 1. The first-order chi connectivity index (χ1) is 8.83. The number of nitrogens with zero attached hydrogens (tertiary/aromatic N) is 1. The Hall–Kier alpha value is -2.20. The molecule has 0 saturated heterocycles. The number of aromatic nitrogens is 1. The maximum absolute atomic E-state index is 12.0. The highest BCUT2D eigenvalue weighted by molar-refractivity contribution is 6.05. The second-order valence-corrected chi connectivity index (χ2v) is 3.79. The summed E-state index contributed by atoms with van der Waals surface area (Å²) in [5.41, 5.74) is 6.79. The molecule has 0 radical (unpaired) electrons. The molecule has 1 aromatic heterocycles. The molecular weight excluding hydrogens is 226 g/mol. The van der Waals surface area contributed by atoms with Crippen LogP contribution in [0.25, 0.3) is 10.9 Å². The fourth-order valence-corrected chi connectivity index (χ4v) is 1.72. The van der Waals surface area contributed by atoms with Crippen LogP contribution >= 0.6 is 0 Å². The van der Waals surface area contributed by atoms with Gasteiger partial charge in [-0.3, -0.25) is 9.78 Å². The summed E-state index contributed by atoms with van der Waals surface area (Å²) < 4.78 is 0. The summed E-state index contributed by atoms with van der Waals surface area (Å²) in [6, 6.07) is 9.31. The van der Waals surface area contributed by atoms with Crippen molar-refractivity contribution in [3.05, 3.63) is 54.2 Å². The number of nitrogens with two attached hydrogens (primary N) is 1. The van der Waals surface area contributed by atoms with Crippen molar-refractivity contribution in [2.24, 2.45) is 5.73 Å². The summed E-state index contributed by atoms with van der Waals surface area (Å²) in [7, 11) is 0. The molecule has 0 atom stereocenters. The van der Waals surface area contributed by atoms with Crippen molar-refractivity contribution < 1.29 is 4.79 Å². The first kappa shape index (κ1) is 12.3. The van der Waals surface area contributed by atoms with Crippen molar-refractivity contribution in [2.75, 3.05) is 13.1 Å². The van der Waals surface area contributed by atoms with Crippen LogP contribution in [0.15, 0.2) is 48.7 Å². The molecule has 0 aliphatic rings. The van der Waals surface area contributed by atoms with Crippen LogP contribution in [0.1, 0.15) is 10.4 Å². The van der Waals surface area contributed by atoms with E-state index in [9.17, 15) is 4.79 Å². The number of carbonyl (C=O) groups is 1. The molecular formula is C14H15N3O. The molecule has 0 aliphatic carbocycles. The average Bonchev–Trinajstić information content (AvgIpc) is 2.43. The second kappa shape index (κ2) is 5.93. The number of pyridine rings is 1. The smallest absolute Gasteiger partial charge is 0.252 e. The summed E-state index contributed by atoms with van der Waals surface area (Å²) >= 11 is 0. The van der Waals surface area contributed by atoms with Crippen molar-refractivity contribution in [2.45, 2.75) is 0 Å². The molecule has 0 fully saturated rings. The Balaban J connectivity index is 2.20. The number of benzene rings is 1. The van der Waals surface area contributed by atoms with E-state index in [2.05, 4.69) is 10.3 Å². The van der Waals surface area contributed by atoms with Gasteiger partial charge in [0.2, 0.25) is 0 Å². The van der Waals surface area contributed by atoms with Crippen LogP contribution in [0.5, 0.6) is 0 Å². The highest BCUT2D eigenvalue weighted by Gasteiger charge is 2.08. The monoisotopic (exact) mass is 241 g/mol. The maximum atomic E-state index is 12.0. The number of fused-ring (bicyclic) bond motifs is 1. The van der Waals surface area contributed by atoms with Gasteiger partial charge in [0.25, 0.3) is 5.91 Å². The average molecular weight is 241 g/mol. The molecule has 92 valence electrons. The largest absolute Gasteiger partial charge is 0.349 e. The predicted molar refractivity (Wildman–Crippen MR) is 72.3 cm³/mol. The number of para-hydroxylation sites is 1. The third kappa shape index (κ3) is 2.73. The van der Waals surface area contributed by atoms with E-state index in [0.29, 0.717) is 18.7 Å². The number of amides is 1. The van der Waals surface area contributed by atoms with Crippen LogP contribution in [0.4, 0.5) is 0 Å². The van der Waals surface area contributed by atoms with Gasteiger partial charge in [0.15, 0.2) is 0 Å². The highest BCUT2D eigenvalue weighted by Crippen LogP contribution is 2.15. The fraction of sp³-hybridized carbons (Fsp3) is 0.143. The van der Waals surface area contributed by atoms with Gasteiger partial charge in [0.1, 0.15) is 0 Å². The Bertz CT molecular complexity index is 573. The minimum absolute atomic E-state index is 0.102. The van der Waals surface area contributed by atoms with Gasteiger partial charge in [-0.25, -0.2) is 0 Å². The van der Waals surface area contributed by atoms with E-state index in [-0.39, 0.29) is 5.91 Å². The summed E-state index contributed by atoms with van der Waals surface area (Å²) in [6.45, 7) is 0.959. The van der Waals surface area contributed by atoms with E-state index in [1.54, 1.807) is 12.3 Å². The molecule has 0 aliphatic heterocycles. The van der Waals surface area contributed by atoms with E-state index in [0.717, 1.165) is 10.9 Å². The van der Waals surface area contributed by atoms with Gasteiger partial charge in [0, 0.05) is 24.7 Å². The molecule has 3 N–H and O–H groups in total. The lowest BCUT2D eigenvalue weighted by atomic mass is 10.1. The number of hydrogen-bond acceptors (Lipinski definition) is 3. The Morgan fingerprint density at radius 3 is 2.94 bits per heavy atom. The van der Waals surface area contributed by atoms with Crippen molar-refractivity contribution in [1.82, 2.24) is 10.3 Å². The van der Waals surface area contributed by atoms with Gasteiger partial charge in [-0.1, -0.05) is 30.4 Å². The lowest BCUT2D eigenvalue weighted by molar-refractivity contribution is 0.0959. The first-order valence-corrected chi connectivity index (χ1v) is 5.80. The quantitative estimate of drug-likeness (QED) is 0.797.